The number of halogens is 2. The van der Waals surface area contributed by atoms with Crippen molar-refractivity contribution in [3.8, 4) is 5.75 Å². The maximum Gasteiger partial charge on any atom is 0.222 e. The van der Waals surface area contributed by atoms with Crippen LogP contribution in [0.2, 0.25) is 0 Å². The number of rotatable bonds is 8. The van der Waals surface area contributed by atoms with E-state index in [-0.39, 0.29) is 24.1 Å². The van der Waals surface area contributed by atoms with Gasteiger partial charge < -0.3 is 15.0 Å². The minimum atomic E-state index is -0.273. The Morgan fingerprint density at radius 3 is 2.58 bits per heavy atom. The van der Waals surface area contributed by atoms with Crippen molar-refractivity contribution in [3.63, 3.8) is 0 Å². The number of ether oxygens (including phenoxy) is 1. The molecule has 0 aliphatic carbocycles. The number of likely N-dealkylation sites (tertiary alicyclic amines) is 1. The fourth-order valence-corrected chi connectivity index (χ4v) is 2.84. The fraction of sp³-hybridized carbons (Fsp3) is 0.611. The van der Waals surface area contributed by atoms with Crippen molar-refractivity contribution in [2.45, 2.75) is 32.6 Å². The van der Waals surface area contributed by atoms with Crippen LogP contribution in [0.15, 0.2) is 24.3 Å². The van der Waals surface area contributed by atoms with Crippen LogP contribution in [0.1, 0.15) is 32.6 Å². The lowest BCUT2D eigenvalue weighted by Gasteiger charge is -2.32. The van der Waals surface area contributed by atoms with Gasteiger partial charge in [-0.3, -0.25) is 4.79 Å². The molecule has 0 aromatic heterocycles. The summed E-state index contributed by atoms with van der Waals surface area (Å²) in [5.74, 6) is 1.28. The molecule has 1 aliphatic heterocycles. The first kappa shape index (κ1) is 20.7. The summed E-state index contributed by atoms with van der Waals surface area (Å²) in [6, 6.07) is 5.95. The van der Waals surface area contributed by atoms with Gasteiger partial charge in [-0.1, -0.05) is 6.92 Å². The van der Waals surface area contributed by atoms with E-state index in [4.69, 9.17) is 4.74 Å². The lowest BCUT2D eigenvalue weighted by Crippen LogP contribution is -2.40. The van der Waals surface area contributed by atoms with Crippen LogP contribution in [0.3, 0.4) is 0 Å². The highest BCUT2D eigenvalue weighted by Gasteiger charge is 2.21. The number of nitrogens with zero attached hydrogens (tertiary/aromatic N) is 1. The standard InChI is InChI=1S/C18H27FN2O2.ClH/c1-2-20-14-15-9-11-21(12-10-15)18(22)4-3-13-23-17-7-5-16(19)6-8-17;/h5-8,15,20H,2-4,9-14H2,1H3;1H. The lowest BCUT2D eigenvalue weighted by atomic mass is 9.96. The molecular formula is C18H28ClFN2O2. The van der Waals surface area contributed by atoms with Crippen molar-refractivity contribution in [2.75, 3.05) is 32.8 Å². The average molecular weight is 359 g/mol. The van der Waals surface area contributed by atoms with E-state index < -0.39 is 0 Å². The number of piperidine rings is 1. The monoisotopic (exact) mass is 358 g/mol. The molecule has 0 atom stereocenters. The molecule has 1 aliphatic rings. The summed E-state index contributed by atoms with van der Waals surface area (Å²) in [6.07, 6.45) is 3.38. The number of carbonyl (C=O) groups is 1. The summed E-state index contributed by atoms with van der Waals surface area (Å²) < 4.78 is 18.3. The fourth-order valence-electron chi connectivity index (χ4n) is 2.84. The van der Waals surface area contributed by atoms with Crippen molar-refractivity contribution in [1.29, 1.82) is 0 Å². The van der Waals surface area contributed by atoms with Gasteiger partial charge in [0, 0.05) is 19.5 Å². The van der Waals surface area contributed by atoms with Gasteiger partial charge in [-0.15, -0.1) is 12.4 Å². The number of nitrogens with one attached hydrogen (secondary N) is 1. The van der Waals surface area contributed by atoms with Crippen LogP contribution in [0.5, 0.6) is 5.75 Å². The smallest absolute Gasteiger partial charge is 0.222 e. The van der Waals surface area contributed by atoms with Crippen molar-refractivity contribution >= 4 is 18.3 Å². The van der Waals surface area contributed by atoms with Crippen LogP contribution in [0.25, 0.3) is 0 Å². The molecule has 0 saturated carbocycles. The summed E-state index contributed by atoms with van der Waals surface area (Å²) >= 11 is 0. The maximum atomic E-state index is 12.8. The number of carbonyl (C=O) groups excluding carboxylic acids is 1. The van der Waals surface area contributed by atoms with Gasteiger partial charge in [0.05, 0.1) is 6.61 Å². The number of amides is 1. The van der Waals surface area contributed by atoms with Gasteiger partial charge in [-0.2, -0.15) is 0 Å². The molecule has 1 N–H and O–H groups in total. The highest BCUT2D eigenvalue weighted by atomic mass is 35.5. The first-order chi connectivity index (χ1) is 11.2. The number of hydrogen-bond acceptors (Lipinski definition) is 3. The summed E-state index contributed by atoms with van der Waals surface area (Å²) in [6.45, 7) is 6.40. The molecule has 1 aromatic rings. The zero-order valence-electron chi connectivity index (χ0n) is 14.3. The molecule has 0 spiro atoms. The minimum Gasteiger partial charge on any atom is -0.494 e. The highest BCUT2D eigenvalue weighted by Crippen LogP contribution is 2.17. The Balaban J connectivity index is 0.00000288. The van der Waals surface area contributed by atoms with E-state index >= 15 is 0 Å². The Morgan fingerprint density at radius 2 is 1.96 bits per heavy atom. The molecular weight excluding hydrogens is 331 g/mol. The van der Waals surface area contributed by atoms with Crippen molar-refractivity contribution in [2.24, 2.45) is 5.92 Å². The maximum absolute atomic E-state index is 12.8. The summed E-state index contributed by atoms with van der Waals surface area (Å²) in [5, 5.41) is 3.38. The summed E-state index contributed by atoms with van der Waals surface area (Å²) in [5.41, 5.74) is 0. The van der Waals surface area contributed by atoms with Gasteiger partial charge in [-0.05, 0) is 62.5 Å². The van der Waals surface area contributed by atoms with Gasteiger partial charge in [0.15, 0.2) is 0 Å². The zero-order valence-corrected chi connectivity index (χ0v) is 15.1. The van der Waals surface area contributed by atoms with E-state index in [2.05, 4.69) is 12.2 Å². The second-order valence-corrected chi connectivity index (χ2v) is 6.04. The van der Waals surface area contributed by atoms with Crippen molar-refractivity contribution in [1.82, 2.24) is 10.2 Å². The van der Waals surface area contributed by atoms with E-state index in [1.165, 1.54) is 12.1 Å². The van der Waals surface area contributed by atoms with E-state index in [0.717, 1.165) is 39.0 Å². The quantitative estimate of drug-likeness (QED) is 0.725. The molecule has 2 rings (SSSR count). The van der Waals surface area contributed by atoms with E-state index in [1.54, 1.807) is 12.1 Å². The summed E-state index contributed by atoms with van der Waals surface area (Å²) in [7, 11) is 0. The molecule has 0 unspecified atom stereocenters. The third-order valence-electron chi connectivity index (χ3n) is 4.27. The molecule has 136 valence electrons. The topological polar surface area (TPSA) is 41.6 Å². The third-order valence-corrected chi connectivity index (χ3v) is 4.27. The number of hydrogen-bond donors (Lipinski definition) is 1. The Bertz CT molecular complexity index is 476. The van der Waals surface area contributed by atoms with Crippen LogP contribution in [-0.4, -0.2) is 43.6 Å². The normalized spacial score (nSPS) is 15.0. The molecule has 1 saturated heterocycles. The summed E-state index contributed by atoms with van der Waals surface area (Å²) in [4.78, 5) is 14.2. The van der Waals surface area contributed by atoms with Crippen LogP contribution in [-0.2, 0) is 4.79 Å². The van der Waals surface area contributed by atoms with Crippen molar-refractivity contribution < 1.29 is 13.9 Å². The largest absolute Gasteiger partial charge is 0.494 e. The van der Waals surface area contributed by atoms with Crippen LogP contribution in [0.4, 0.5) is 4.39 Å². The zero-order chi connectivity index (χ0) is 16.5. The van der Waals surface area contributed by atoms with Crippen LogP contribution >= 0.6 is 12.4 Å². The second-order valence-electron chi connectivity index (χ2n) is 6.04. The van der Waals surface area contributed by atoms with Crippen molar-refractivity contribution in [3.05, 3.63) is 30.1 Å². The van der Waals surface area contributed by atoms with E-state index in [9.17, 15) is 9.18 Å². The molecule has 1 aromatic carbocycles. The Morgan fingerprint density at radius 1 is 1.29 bits per heavy atom. The lowest BCUT2D eigenvalue weighted by molar-refractivity contribution is -0.132. The van der Waals surface area contributed by atoms with Gasteiger partial charge in [0.2, 0.25) is 5.91 Å². The van der Waals surface area contributed by atoms with E-state index in [1.807, 2.05) is 4.90 Å². The number of benzene rings is 1. The molecule has 0 bridgehead atoms. The molecule has 1 fully saturated rings. The first-order valence-electron chi connectivity index (χ1n) is 8.56. The first-order valence-corrected chi connectivity index (χ1v) is 8.56. The van der Waals surface area contributed by atoms with Gasteiger partial charge in [0.1, 0.15) is 11.6 Å². The molecule has 6 heteroatoms. The highest BCUT2D eigenvalue weighted by molar-refractivity contribution is 5.85. The Hall–Kier alpha value is -1.33. The third kappa shape index (κ3) is 7.05. The average Bonchev–Trinajstić information content (AvgIpc) is 2.58. The van der Waals surface area contributed by atoms with Crippen LogP contribution < -0.4 is 10.1 Å². The Kier molecular flexibility index (Phi) is 9.72. The molecule has 24 heavy (non-hydrogen) atoms. The SMILES string of the molecule is CCNCC1CCN(C(=O)CCCOc2ccc(F)cc2)CC1.Cl. The predicted molar refractivity (Wildman–Crippen MR) is 96.2 cm³/mol. The molecule has 1 heterocycles. The van der Waals surface area contributed by atoms with Gasteiger partial charge in [0.25, 0.3) is 0 Å². The minimum absolute atomic E-state index is 0. The second kappa shape index (κ2) is 11.3. The Labute approximate surface area is 150 Å². The van der Waals surface area contributed by atoms with Gasteiger partial charge in [-0.25, -0.2) is 4.39 Å². The predicted octanol–water partition coefficient (Wildman–Crippen LogP) is 3.25. The van der Waals surface area contributed by atoms with Crippen LogP contribution in [0, 0.1) is 11.7 Å². The molecule has 4 nitrogen and oxygen atoms in total. The molecule has 0 radical (unpaired) electrons. The van der Waals surface area contributed by atoms with Gasteiger partial charge >= 0.3 is 0 Å². The molecule has 1 amide bonds. The van der Waals surface area contributed by atoms with E-state index in [0.29, 0.717) is 31.1 Å².